The number of fused-ring (bicyclic) bond motifs is 1. The van der Waals surface area contributed by atoms with Crippen molar-refractivity contribution < 1.29 is 23.4 Å². The molecule has 1 aliphatic heterocycles. The third-order valence-corrected chi connectivity index (χ3v) is 5.28. The third-order valence-electron chi connectivity index (χ3n) is 5.28. The van der Waals surface area contributed by atoms with E-state index in [9.17, 15) is 8.78 Å². The van der Waals surface area contributed by atoms with E-state index in [2.05, 4.69) is 15.2 Å². The van der Waals surface area contributed by atoms with Gasteiger partial charge in [0.2, 0.25) is 0 Å². The predicted molar refractivity (Wildman–Crippen MR) is 118 cm³/mol. The lowest BCUT2D eigenvalue weighted by Crippen LogP contribution is -2.36. The average Bonchev–Trinajstić information content (AvgIpc) is 2.78. The molecule has 0 bridgehead atoms. The first-order chi connectivity index (χ1) is 15.5. The number of aliphatic hydroxyl groups is 1. The molecule has 7 nitrogen and oxygen atoms in total. The highest BCUT2D eigenvalue weighted by atomic mass is 19.1. The fourth-order valence-corrected chi connectivity index (χ4v) is 3.77. The van der Waals surface area contributed by atoms with Gasteiger partial charge in [0.25, 0.3) is 0 Å². The number of aromatic nitrogens is 2. The number of rotatable bonds is 8. The number of nitrogens with one attached hydrogen (secondary N) is 1. The molecule has 1 atom stereocenters. The maximum Gasteiger partial charge on any atom is 0.148 e. The highest BCUT2D eigenvalue weighted by Crippen LogP contribution is 2.29. The van der Waals surface area contributed by atoms with E-state index in [0.29, 0.717) is 36.5 Å². The minimum absolute atomic E-state index is 0.0632. The largest absolute Gasteiger partial charge is 0.394 e. The molecule has 0 aliphatic carbocycles. The Morgan fingerprint density at radius 1 is 1.16 bits per heavy atom. The van der Waals surface area contributed by atoms with Crippen molar-refractivity contribution in [2.45, 2.75) is 19.6 Å². The topological polar surface area (TPSA) is 79.7 Å². The molecule has 1 aliphatic rings. The number of nitrogens with zero attached hydrogens (tertiary/aromatic N) is 3. The SMILES string of the molecule is CC(Nc1cc(F)cc(F)c1)c1cc(COCCO)cc2ncc(N3CCOCC3)nc12. The molecule has 0 amide bonds. The molecule has 2 aromatic carbocycles. The van der Waals surface area contributed by atoms with Gasteiger partial charge in [-0.3, -0.25) is 4.98 Å². The van der Waals surface area contributed by atoms with Gasteiger partial charge in [-0.1, -0.05) is 0 Å². The van der Waals surface area contributed by atoms with Gasteiger partial charge in [-0.25, -0.2) is 13.8 Å². The van der Waals surface area contributed by atoms with E-state index < -0.39 is 11.6 Å². The van der Waals surface area contributed by atoms with E-state index in [1.807, 2.05) is 19.1 Å². The summed E-state index contributed by atoms with van der Waals surface area (Å²) in [6.07, 6.45) is 1.75. The molecular formula is C23H26F2N4O3. The van der Waals surface area contributed by atoms with Crippen LogP contribution in [0.25, 0.3) is 11.0 Å². The highest BCUT2D eigenvalue weighted by molar-refractivity contribution is 5.81. The van der Waals surface area contributed by atoms with Crippen LogP contribution in [0.4, 0.5) is 20.3 Å². The second kappa shape index (κ2) is 10.2. The van der Waals surface area contributed by atoms with Gasteiger partial charge in [0.15, 0.2) is 0 Å². The van der Waals surface area contributed by atoms with Gasteiger partial charge in [-0.2, -0.15) is 0 Å². The molecule has 32 heavy (non-hydrogen) atoms. The summed E-state index contributed by atoms with van der Waals surface area (Å²) in [5.41, 5.74) is 3.44. The molecule has 0 spiro atoms. The van der Waals surface area contributed by atoms with Crippen LogP contribution in [0.2, 0.25) is 0 Å². The Morgan fingerprint density at radius 2 is 1.91 bits per heavy atom. The second-order valence-electron chi connectivity index (χ2n) is 7.68. The van der Waals surface area contributed by atoms with Crippen molar-refractivity contribution in [3.05, 3.63) is 59.3 Å². The Balaban J connectivity index is 1.71. The molecule has 170 valence electrons. The van der Waals surface area contributed by atoms with Gasteiger partial charge in [0.05, 0.1) is 56.3 Å². The molecule has 4 rings (SSSR count). The zero-order valence-electron chi connectivity index (χ0n) is 17.9. The van der Waals surface area contributed by atoms with Crippen LogP contribution in [-0.4, -0.2) is 54.6 Å². The second-order valence-corrected chi connectivity index (χ2v) is 7.68. The molecule has 1 fully saturated rings. The molecule has 3 aromatic rings. The van der Waals surface area contributed by atoms with Crippen molar-refractivity contribution in [3.8, 4) is 0 Å². The number of anilines is 2. The quantitative estimate of drug-likeness (QED) is 0.516. The predicted octanol–water partition coefficient (Wildman–Crippen LogP) is 3.43. The molecule has 0 radical (unpaired) electrons. The van der Waals surface area contributed by atoms with Crippen LogP contribution >= 0.6 is 0 Å². The van der Waals surface area contributed by atoms with Crippen LogP contribution in [0.1, 0.15) is 24.1 Å². The summed E-state index contributed by atoms with van der Waals surface area (Å²) in [5, 5.41) is 12.2. The molecular weight excluding hydrogens is 418 g/mol. The zero-order chi connectivity index (χ0) is 22.5. The molecule has 0 saturated carbocycles. The van der Waals surface area contributed by atoms with E-state index in [0.717, 1.165) is 36.1 Å². The first-order valence-corrected chi connectivity index (χ1v) is 10.6. The Bertz CT molecular complexity index is 1060. The highest BCUT2D eigenvalue weighted by Gasteiger charge is 2.18. The summed E-state index contributed by atoms with van der Waals surface area (Å²) in [6, 6.07) is 6.88. The number of aliphatic hydroxyl groups excluding tert-OH is 1. The number of benzene rings is 2. The number of hydrogen-bond donors (Lipinski definition) is 2. The summed E-state index contributed by atoms with van der Waals surface area (Å²) >= 11 is 0. The Kier molecular flexibility index (Phi) is 7.09. The van der Waals surface area contributed by atoms with Crippen LogP contribution in [0.3, 0.4) is 0 Å². The minimum atomic E-state index is -0.648. The van der Waals surface area contributed by atoms with Gasteiger partial charge >= 0.3 is 0 Å². The summed E-state index contributed by atoms with van der Waals surface area (Å²) in [7, 11) is 0. The van der Waals surface area contributed by atoms with E-state index in [1.54, 1.807) is 6.20 Å². The van der Waals surface area contributed by atoms with Crippen LogP contribution < -0.4 is 10.2 Å². The lowest BCUT2D eigenvalue weighted by molar-refractivity contribution is 0.0816. The Hall–Kier alpha value is -2.88. The van der Waals surface area contributed by atoms with E-state index in [4.69, 9.17) is 19.6 Å². The summed E-state index contributed by atoms with van der Waals surface area (Å²) in [5.74, 6) is -0.537. The first kappa shape index (κ1) is 22.3. The van der Waals surface area contributed by atoms with Crippen molar-refractivity contribution in [3.63, 3.8) is 0 Å². The zero-order valence-corrected chi connectivity index (χ0v) is 17.9. The summed E-state index contributed by atoms with van der Waals surface area (Å²) in [6.45, 7) is 5.11. The van der Waals surface area contributed by atoms with Crippen molar-refractivity contribution in [1.29, 1.82) is 0 Å². The molecule has 1 unspecified atom stereocenters. The van der Waals surface area contributed by atoms with E-state index in [1.165, 1.54) is 12.1 Å². The van der Waals surface area contributed by atoms with E-state index >= 15 is 0 Å². The standard InChI is InChI=1S/C23H26F2N4O3/c1-15(27-19-11-17(24)10-18(25)12-19)20-8-16(14-32-7-4-30)9-21-23(20)28-22(13-26-21)29-2-5-31-6-3-29/h8-13,15,27,30H,2-7,14H2,1H3. The summed E-state index contributed by atoms with van der Waals surface area (Å²) in [4.78, 5) is 11.6. The number of ether oxygens (including phenoxy) is 2. The van der Waals surface area contributed by atoms with Crippen molar-refractivity contribution in [1.82, 2.24) is 9.97 Å². The maximum absolute atomic E-state index is 13.7. The number of hydrogen-bond acceptors (Lipinski definition) is 7. The van der Waals surface area contributed by atoms with Crippen LogP contribution in [-0.2, 0) is 16.1 Å². The summed E-state index contributed by atoms with van der Waals surface area (Å²) < 4.78 is 38.3. The Labute approximate surface area is 185 Å². The number of morpholine rings is 1. The maximum atomic E-state index is 13.7. The van der Waals surface area contributed by atoms with Crippen LogP contribution in [0.15, 0.2) is 36.5 Å². The van der Waals surface area contributed by atoms with Gasteiger partial charge in [0.1, 0.15) is 17.5 Å². The third kappa shape index (κ3) is 5.29. The van der Waals surface area contributed by atoms with Gasteiger partial charge < -0.3 is 24.8 Å². The molecule has 9 heteroatoms. The van der Waals surface area contributed by atoms with E-state index in [-0.39, 0.29) is 19.3 Å². The Morgan fingerprint density at radius 3 is 2.62 bits per heavy atom. The van der Waals surface area contributed by atoms with Crippen LogP contribution in [0, 0.1) is 11.6 Å². The average molecular weight is 444 g/mol. The molecule has 1 saturated heterocycles. The van der Waals surface area contributed by atoms with Crippen molar-refractivity contribution in [2.24, 2.45) is 0 Å². The molecule has 2 heterocycles. The smallest absolute Gasteiger partial charge is 0.148 e. The normalized spacial score (nSPS) is 15.2. The monoisotopic (exact) mass is 444 g/mol. The molecule has 2 N–H and O–H groups in total. The lowest BCUT2D eigenvalue weighted by Gasteiger charge is -2.28. The fraction of sp³-hybridized carbons (Fsp3) is 0.391. The van der Waals surface area contributed by atoms with Crippen molar-refractivity contribution >= 4 is 22.5 Å². The minimum Gasteiger partial charge on any atom is -0.394 e. The van der Waals surface area contributed by atoms with Crippen molar-refractivity contribution in [2.75, 3.05) is 49.7 Å². The van der Waals surface area contributed by atoms with Gasteiger partial charge in [-0.05, 0) is 36.8 Å². The number of halogens is 2. The molecule has 1 aromatic heterocycles. The van der Waals surface area contributed by atoms with Gasteiger partial charge in [0, 0.05) is 30.4 Å². The fourth-order valence-electron chi connectivity index (χ4n) is 3.77. The van der Waals surface area contributed by atoms with Crippen LogP contribution in [0.5, 0.6) is 0 Å². The first-order valence-electron chi connectivity index (χ1n) is 10.6. The van der Waals surface area contributed by atoms with Gasteiger partial charge in [-0.15, -0.1) is 0 Å². The lowest BCUT2D eigenvalue weighted by atomic mass is 10.0.